The summed E-state index contributed by atoms with van der Waals surface area (Å²) in [7, 11) is 0. The fraction of sp³-hybridized carbons (Fsp3) is 0. The van der Waals surface area contributed by atoms with E-state index in [1.165, 1.54) is 0 Å². The number of para-hydroxylation sites is 2. The average molecular weight is 364 g/mol. The van der Waals surface area contributed by atoms with E-state index in [2.05, 4.69) is 36.2 Å². The van der Waals surface area contributed by atoms with Gasteiger partial charge in [-0.05, 0) is 40.2 Å². The van der Waals surface area contributed by atoms with Crippen molar-refractivity contribution in [2.24, 2.45) is 0 Å². The molecule has 1 aromatic carbocycles. The summed E-state index contributed by atoms with van der Waals surface area (Å²) in [5, 5.41) is 2.79. The molecular formula is C14H8BrClN4O. The van der Waals surface area contributed by atoms with Gasteiger partial charge in [0.1, 0.15) is 4.60 Å². The molecule has 3 aromatic rings. The third-order valence-electron chi connectivity index (χ3n) is 2.76. The summed E-state index contributed by atoms with van der Waals surface area (Å²) in [6, 6.07) is 10.6. The Hall–Kier alpha value is -2.05. The third-order valence-corrected chi connectivity index (χ3v) is 3.66. The van der Waals surface area contributed by atoms with Crippen LogP contribution in [0.25, 0.3) is 11.0 Å². The van der Waals surface area contributed by atoms with Gasteiger partial charge >= 0.3 is 0 Å². The van der Waals surface area contributed by atoms with E-state index >= 15 is 0 Å². The van der Waals surface area contributed by atoms with Gasteiger partial charge in [0.2, 0.25) is 0 Å². The molecule has 0 aliphatic rings. The number of rotatable bonds is 2. The van der Waals surface area contributed by atoms with E-state index in [1.807, 2.05) is 12.1 Å². The third kappa shape index (κ3) is 2.86. The van der Waals surface area contributed by atoms with Gasteiger partial charge in [-0.15, -0.1) is 0 Å². The van der Waals surface area contributed by atoms with Crippen molar-refractivity contribution in [3.8, 4) is 0 Å². The number of hydrogen-bond donors (Lipinski definition) is 1. The number of amides is 1. The van der Waals surface area contributed by atoms with Crippen LogP contribution in [-0.4, -0.2) is 20.9 Å². The molecule has 0 bridgehead atoms. The van der Waals surface area contributed by atoms with Crippen molar-refractivity contribution in [2.45, 2.75) is 0 Å². The maximum Gasteiger partial charge on any atom is 0.259 e. The number of aromatic nitrogens is 3. The molecule has 7 heteroatoms. The van der Waals surface area contributed by atoms with Crippen molar-refractivity contribution < 1.29 is 4.79 Å². The standard InChI is InChI=1S/C14H8BrClN4O/c15-11-8(4-3-7-17-11)14(21)20-13-12(16)18-9-5-1-2-6-10(9)19-13/h1-7H,(H,19,20,21). The lowest BCUT2D eigenvalue weighted by atomic mass is 10.2. The van der Waals surface area contributed by atoms with E-state index in [0.29, 0.717) is 21.2 Å². The van der Waals surface area contributed by atoms with Crippen LogP contribution in [-0.2, 0) is 0 Å². The first kappa shape index (κ1) is 13.9. The number of anilines is 1. The molecule has 2 aromatic heterocycles. The zero-order valence-electron chi connectivity index (χ0n) is 10.5. The van der Waals surface area contributed by atoms with Crippen LogP contribution in [0.2, 0.25) is 5.15 Å². The first-order valence-corrected chi connectivity index (χ1v) is 7.16. The number of carbonyl (C=O) groups is 1. The Kier molecular flexibility index (Phi) is 3.81. The van der Waals surface area contributed by atoms with Gasteiger partial charge in [-0.2, -0.15) is 0 Å². The van der Waals surface area contributed by atoms with E-state index in [0.717, 1.165) is 0 Å². The second kappa shape index (κ2) is 5.75. The fourth-order valence-electron chi connectivity index (χ4n) is 1.79. The zero-order chi connectivity index (χ0) is 14.8. The molecule has 3 rings (SSSR count). The predicted molar refractivity (Wildman–Crippen MR) is 84.4 cm³/mol. The highest BCUT2D eigenvalue weighted by Crippen LogP contribution is 2.22. The minimum atomic E-state index is -0.360. The van der Waals surface area contributed by atoms with Crippen molar-refractivity contribution >= 4 is 50.3 Å². The molecule has 0 spiro atoms. The highest BCUT2D eigenvalue weighted by Gasteiger charge is 2.14. The Bertz CT molecular complexity index is 840. The van der Waals surface area contributed by atoms with Crippen LogP contribution in [0.4, 0.5) is 5.82 Å². The summed E-state index contributed by atoms with van der Waals surface area (Å²) in [6.07, 6.45) is 1.59. The molecule has 21 heavy (non-hydrogen) atoms. The van der Waals surface area contributed by atoms with Crippen molar-refractivity contribution in [3.05, 3.63) is 57.9 Å². The van der Waals surface area contributed by atoms with Crippen LogP contribution in [0.3, 0.4) is 0 Å². The maximum absolute atomic E-state index is 12.2. The Morgan fingerprint density at radius 3 is 2.52 bits per heavy atom. The number of carbonyl (C=O) groups excluding carboxylic acids is 1. The molecular weight excluding hydrogens is 356 g/mol. The van der Waals surface area contributed by atoms with Crippen LogP contribution in [0.5, 0.6) is 0 Å². The van der Waals surface area contributed by atoms with E-state index in [4.69, 9.17) is 11.6 Å². The van der Waals surface area contributed by atoms with Crippen LogP contribution < -0.4 is 5.32 Å². The highest BCUT2D eigenvalue weighted by molar-refractivity contribution is 9.10. The lowest BCUT2D eigenvalue weighted by Gasteiger charge is -2.08. The van der Waals surface area contributed by atoms with Gasteiger partial charge in [-0.3, -0.25) is 4.79 Å². The van der Waals surface area contributed by atoms with E-state index < -0.39 is 0 Å². The van der Waals surface area contributed by atoms with Crippen LogP contribution >= 0.6 is 27.5 Å². The number of nitrogens with one attached hydrogen (secondary N) is 1. The molecule has 0 saturated heterocycles. The summed E-state index contributed by atoms with van der Waals surface area (Å²) < 4.78 is 0.451. The van der Waals surface area contributed by atoms with Crippen LogP contribution in [0.15, 0.2) is 47.2 Å². The summed E-state index contributed by atoms with van der Waals surface area (Å²) in [6.45, 7) is 0. The topological polar surface area (TPSA) is 67.8 Å². The lowest BCUT2D eigenvalue weighted by Crippen LogP contribution is -2.14. The van der Waals surface area contributed by atoms with Crippen molar-refractivity contribution in [2.75, 3.05) is 5.32 Å². The second-order valence-corrected chi connectivity index (χ2v) is 5.26. The molecule has 2 heterocycles. The van der Waals surface area contributed by atoms with Gasteiger partial charge in [0.15, 0.2) is 11.0 Å². The molecule has 0 fully saturated rings. The molecule has 1 N–H and O–H groups in total. The van der Waals surface area contributed by atoms with Crippen molar-refractivity contribution in [1.82, 2.24) is 15.0 Å². The number of hydrogen-bond acceptors (Lipinski definition) is 4. The van der Waals surface area contributed by atoms with E-state index in [1.54, 1.807) is 30.5 Å². The molecule has 1 amide bonds. The summed E-state index contributed by atoms with van der Waals surface area (Å²) in [5.41, 5.74) is 1.72. The molecule has 0 aliphatic heterocycles. The summed E-state index contributed by atoms with van der Waals surface area (Å²) >= 11 is 9.29. The Morgan fingerprint density at radius 1 is 1.10 bits per heavy atom. The van der Waals surface area contributed by atoms with E-state index in [9.17, 15) is 4.79 Å². The monoisotopic (exact) mass is 362 g/mol. The molecule has 0 atom stereocenters. The van der Waals surface area contributed by atoms with Crippen LogP contribution in [0, 0.1) is 0 Å². The largest absolute Gasteiger partial charge is 0.304 e. The minimum Gasteiger partial charge on any atom is -0.304 e. The summed E-state index contributed by atoms with van der Waals surface area (Å²) in [5.74, 6) is -0.141. The quantitative estimate of drug-likeness (QED) is 0.705. The molecule has 0 saturated carbocycles. The number of nitrogens with zero attached hydrogens (tertiary/aromatic N) is 3. The minimum absolute atomic E-state index is 0.141. The summed E-state index contributed by atoms with van der Waals surface area (Å²) in [4.78, 5) is 24.7. The lowest BCUT2D eigenvalue weighted by molar-refractivity contribution is 0.102. The predicted octanol–water partition coefficient (Wildman–Crippen LogP) is 3.69. The molecule has 0 aliphatic carbocycles. The number of fused-ring (bicyclic) bond motifs is 1. The van der Waals surface area contributed by atoms with Gasteiger partial charge < -0.3 is 5.32 Å². The maximum atomic E-state index is 12.2. The molecule has 0 unspecified atom stereocenters. The smallest absolute Gasteiger partial charge is 0.259 e. The first-order valence-electron chi connectivity index (χ1n) is 5.99. The Labute approximate surface area is 133 Å². The van der Waals surface area contributed by atoms with E-state index in [-0.39, 0.29) is 16.9 Å². The van der Waals surface area contributed by atoms with Gasteiger partial charge in [0, 0.05) is 6.20 Å². The average Bonchev–Trinajstić information content (AvgIpc) is 2.48. The zero-order valence-corrected chi connectivity index (χ0v) is 12.9. The molecule has 104 valence electrons. The molecule has 0 radical (unpaired) electrons. The Morgan fingerprint density at radius 2 is 1.81 bits per heavy atom. The first-order chi connectivity index (χ1) is 10.1. The Balaban J connectivity index is 1.96. The van der Waals surface area contributed by atoms with Crippen molar-refractivity contribution in [3.63, 3.8) is 0 Å². The second-order valence-electron chi connectivity index (χ2n) is 4.15. The van der Waals surface area contributed by atoms with Gasteiger partial charge in [-0.1, -0.05) is 23.7 Å². The van der Waals surface area contributed by atoms with Gasteiger partial charge in [-0.25, -0.2) is 15.0 Å². The molecule has 5 nitrogen and oxygen atoms in total. The van der Waals surface area contributed by atoms with Crippen LogP contribution in [0.1, 0.15) is 10.4 Å². The number of pyridine rings is 1. The van der Waals surface area contributed by atoms with Gasteiger partial charge in [0.05, 0.1) is 16.6 Å². The van der Waals surface area contributed by atoms with Crippen molar-refractivity contribution in [1.29, 1.82) is 0 Å². The van der Waals surface area contributed by atoms with Gasteiger partial charge in [0.25, 0.3) is 5.91 Å². The normalized spacial score (nSPS) is 10.6. The fourth-order valence-corrected chi connectivity index (χ4v) is 2.40. The highest BCUT2D eigenvalue weighted by atomic mass is 79.9. The SMILES string of the molecule is O=C(Nc1nc2ccccc2nc1Cl)c1cccnc1Br. The number of benzene rings is 1. The number of halogens is 2.